The molecule has 0 heterocycles. The van der Waals surface area contributed by atoms with Gasteiger partial charge in [0.05, 0.1) is 0 Å². The van der Waals surface area contributed by atoms with Crippen LogP contribution in [-0.2, 0) is 0 Å². The monoisotopic (exact) mass is 175 g/mol. The lowest BCUT2D eigenvalue weighted by Crippen LogP contribution is -2.12. The quantitative estimate of drug-likeness (QED) is 0.602. The van der Waals surface area contributed by atoms with Crippen LogP contribution < -0.4 is 5.73 Å². The second-order valence-corrected chi connectivity index (χ2v) is 4.27. The van der Waals surface area contributed by atoms with Crippen molar-refractivity contribution in [2.24, 2.45) is 11.7 Å². The van der Waals surface area contributed by atoms with E-state index in [1.165, 1.54) is 30.8 Å². The smallest absolute Gasteiger partial charge is 0.00297 e. The molecular weight excluding hydrogens is 154 g/mol. The Bertz CT molecular complexity index is 76.0. The third kappa shape index (κ3) is 8.21. The summed E-state index contributed by atoms with van der Waals surface area (Å²) in [7, 11) is 0. The van der Waals surface area contributed by atoms with Crippen molar-refractivity contribution in [3.05, 3.63) is 0 Å². The van der Waals surface area contributed by atoms with Gasteiger partial charge in [-0.05, 0) is 30.4 Å². The fraction of sp³-hybridized carbons (Fsp3) is 1.00. The summed E-state index contributed by atoms with van der Waals surface area (Å²) in [6, 6.07) is 0. The van der Waals surface area contributed by atoms with Crippen LogP contribution >= 0.6 is 11.8 Å². The molecule has 0 amide bonds. The predicted molar refractivity (Wildman–Crippen MR) is 55.1 cm³/mol. The Balaban J connectivity index is 2.89. The summed E-state index contributed by atoms with van der Waals surface area (Å²) in [6.45, 7) is 5.29. The van der Waals surface area contributed by atoms with Crippen LogP contribution in [0.2, 0.25) is 0 Å². The number of nitrogens with two attached hydrogens (primary N) is 1. The van der Waals surface area contributed by atoms with Gasteiger partial charge >= 0.3 is 0 Å². The van der Waals surface area contributed by atoms with Crippen molar-refractivity contribution in [3.8, 4) is 0 Å². The van der Waals surface area contributed by atoms with Crippen molar-refractivity contribution in [2.75, 3.05) is 18.1 Å². The van der Waals surface area contributed by atoms with E-state index >= 15 is 0 Å². The molecule has 68 valence electrons. The Morgan fingerprint density at radius 2 is 2.09 bits per heavy atom. The summed E-state index contributed by atoms with van der Waals surface area (Å²) < 4.78 is 0. The molecule has 0 bridgehead atoms. The molecule has 0 rings (SSSR count). The van der Waals surface area contributed by atoms with Crippen LogP contribution in [0, 0.1) is 5.92 Å². The van der Waals surface area contributed by atoms with E-state index in [9.17, 15) is 0 Å². The highest BCUT2D eigenvalue weighted by Gasteiger charge is 1.97. The maximum atomic E-state index is 5.50. The van der Waals surface area contributed by atoms with Gasteiger partial charge in [-0.2, -0.15) is 11.8 Å². The Kier molecular flexibility index (Phi) is 8.64. The first-order valence-electron chi connectivity index (χ1n) is 4.59. The van der Waals surface area contributed by atoms with Gasteiger partial charge in [-0.15, -0.1) is 0 Å². The van der Waals surface area contributed by atoms with Crippen LogP contribution in [0.15, 0.2) is 0 Å². The van der Waals surface area contributed by atoms with E-state index in [1.54, 1.807) is 0 Å². The second-order valence-electron chi connectivity index (χ2n) is 3.12. The highest BCUT2D eigenvalue weighted by atomic mass is 32.2. The molecular formula is C9H21NS. The molecule has 2 N–H and O–H groups in total. The van der Waals surface area contributed by atoms with Gasteiger partial charge in [0.1, 0.15) is 0 Å². The Labute approximate surface area is 75.1 Å². The molecule has 0 aromatic rings. The fourth-order valence-electron chi connectivity index (χ4n) is 0.807. The molecule has 0 aliphatic rings. The van der Waals surface area contributed by atoms with Crippen molar-refractivity contribution in [2.45, 2.75) is 33.1 Å². The van der Waals surface area contributed by atoms with E-state index in [0.717, 1.165) is 6.54 Å². The van der Waals surface area contributed by atoms with Crippen LogP contribution in [-0.4, -0.2) is 18.1 Å². The molecule has 1 unspecified atom stereocenters. The standard InChI is InChI=1S/C9H21NS/c1-3-4-5-6-11-8-9(2)7-10/h9H,3-8,10H2,1-2H3. The molecule has 1 atom stereocenters. The molecule has 0 aromatic heterocycles. The van der Waals surface area contributed by atoms with Crippen molar-refractivity contribution < 1.29 is 0 Å². The van der Waals surface area contributed by atoms with Crippen LogP contribution in [0.3, 0.4) is 0 Å². The Morgan fingerprint density at radius 3 is 2.64 bits per heavy atom. The maximum absolute atomic E-state index is 5.50. The molecule has 0 radical (unpaired) electrons. The van der Waals surface area contributed by atoms with Gasteiger partial charge in [-0.1, -0.05) is 26.7 Å². The zero-order valence-corrected chi connectivity index (χ0v) is 8.62. The number of hydrogen-bond donors (Lipinski definition) is 1. The lowest BCUT2D eigenvalue weighted by atomic mass is 10.2. The highest BCUT2D eigenvalue weighted by molar-refractivity contribution is 7.99. The number of thioether (sulfide) groups is 1. The summed E-state index contributed by atoms with van der Waals surface area (Å²) in [5.74, 6) is 3.25. The van der Waals surface area contributed by atoms with Gasteiger partial charge in [-0.25, -0.2) is 0 Å². The van der Waals surface area contributed by atoms with Crippen molar-refractivity contribution >= 4 is 11.8 Å². The van der Waals surface area contributed by atoms with Crippen LogP contribution in [0.25, 0.3) is 0 Å². The third-order valence-corrected chi connectivity index (χ3v) is 3.08. The van der Waals surface area contributed by atoms with Gasteiger partial charge < -0.3 is 5.73 Å². The SMILES string of the molecule is CCCCCSCC(C)CN. The average molecular weight is 175 g/mol. The minimum atomic E-state index is 0.696. The van der Waals surface area contributed by atoms with E-state index in [4.69, 9.17) is 5.73 Å². The summed E-state index contributed by atoms with van der Waals surface area (Å²) in [5.41, 5.74) is 5.50. The molecule has 11 heavy (non-hydrogen) atoms. The number of hydrogen-bond acceptors (Lipinski definition) is 2. The summed E-state index contributed by atoms with van der Waals surface area (Å²) in [4.78, 5) is 0. The molecule has 1 nitrogen and oxygen atoms in total. The Hall–Kier alpha value is 0.310. The van der Waals surface area contributed by atoms with Gasteiger partial charge in [0.25, 0.3) is 0 Å². The van der Waals surface area contributed by atoms with Crippen LogP contribution in [0.1, 0.15) is 33.1 Å². The average Bonchev–Trinajstić information content (AvgIpc) is 2.04. The summed E-state index contributed by atoms with van der Waals surface area (Å²) in [5, 5.41) is 0. The molecule has 0 aromatic carbocycles. The van der Waals surface area contributed by atoms with E-state index in [0.29, 0.717) is 5.92 Å². The second kappa shape index (κ2) is 8.41. The molecule has 2 heteroatoms. The topological polar surface area (TPSA) is 26.0 Å². The largest absolute Gasteiger partial charge is 0.330 e. The first-order chi connectivity index (χ1) is 5.31. The summed E-state index contributed by atoms with van der Waals surface area (Å²) in [6.07, 6.45) is 4.08. The van der Waals surface area contributed by atoms with Crippen molar-refractivity contribution in [1.82, 2.24) is 0 Å². The van der Waals surface area contributed by atoms with Crippen molar-refractivity contribution in [1.29, 1.82) is 0 Å². The van der Waals surface area contributed by atoms with Gasteiger partial charge in [-0.3, -0.25) is 0 Å². The van der Waals surface area contributed by atoms with E-state index in [2.05, 4.69) is 13.8 Å². The van der Waals surface area contributed by atoms with E-state index < -0.39 is 0 Å². The number of unbranched alkanes of at least 4 members (excludes halogenated alkanes) is 2. The first-order valence-corrected chi connectivity index (χ1v) is 5.74. The normalized spacial score (nSPS) is 13.4. The predicted octanol–water partition coefficient (Wildman–Crippen LogP) is 2.50. The van der Waals surface area contributed by atoms with Gasteiger partial charge in [0, 0.05) is 0 Å². The highest BCUT2D eigenvalue weighted by Crippen LogP contribution is 2.10. The summed E-state index contributed by atoms with van der Waals surface area (Å²) >= 11 is 2.05. The lowest BCUT2D eigenvalue weighted by molar-refractivity contribution is 0.674. The molecule has 0 spiro atoms. The zero-order valence-electron chi connectivity index (χ0n) is 7.81. The maximum Gasteiger partial charge on any atom is -0.00297 e. The number of rotatable bonds is 7. The molecule has 0 saturated heterocycles. The third-order valence-electron chi connectivity index (χ3n) is 1.70. The molecule has 0 aliphatic carbocycles. The minimum absolute atomic E-state index is 0.696. The van der Waals surface area contributed by atoms with Gasteiger partial charge in [0.15, 0.2) is 0 Å². The van der Waals surface area contributed by atoms with Crippen molar-refractivity contribution in [3.63, 3.8) is 0 Å². The molecule has 0 saturated carbocycles. The first kappa shape index (κ1) is 11.3. The molecule has 0 aliphatic heterocycles. The van der Waals surface area contributed by atoms with Crippen LogP contribution in [0.5, 0.6) is 0 Å². The molecule has 0 fully saturated rings. The van der Waals surface area contributed by atoms with Gasteiger partial charge in [0.2, 0.25) is 0 Å². The Morgan fingerprint density at radius 1 is 1.36 bits per heavy atom. The zero-order chi connectivity index (χ0) is 8.53. The van der Waals surface area contributed by atoms with E-state index in [-0.39, 0.29) is 0 Å². The lowest BCUT2D eigenvalue weighted by Gasteiger charge is -2.06. The van der Waals surface area contributed by atoms with Crippen LogP contribution in [0.4, 0.5) is 0 Å². The fourth-order valence-corrected chi connectivity index (χ4v) is 1.92. The van der Waals surface area contributed by atoms with E-state index in [1.807, 2.05) is 11.8 Å². The minimum Gasteiger partial charge on any atom is -0.330 e.